The average molecular weight is 192 g/mol. The third-order valence-electron chi connectivity index (χ3n) is 2.42. The van der Waals surface area contributed by atoms with Crippen LogP contribution in [-0.4, -0.2) is 11.7 Å². The van der Waals surface area contributed by atoms with E-state index in [9.17, 15) is 0 Å². The minimum atomic E-state index is 0.339. The van der Waals surface area contributed by atoms with Gasteiger partial charge in [-0.2, -0.15) is 0 Å². The summed E-state index contributed by atoms with van der Waals surface area (Å²) in [4.78, 5) is 0. The standard InChI is InChI=1S/C13H20O/c14-12-8-4-3-7-11-13-9-5-1-2-6-10-13/h1,5-6,9-10,14H,2-4,7-8,11-12H2. The van der Waals surface area contributed by atoms with Gasteiger partial charge in [-0.15, -0.1) is 0 Å². The van der Waals surface area contributed by atoms with Crippen LogP contribution in [0.4, 0.5) is 0 Å². The van der Waals surface area contributed by atoms with Crippen molar-refractivity contribution in [3.8, 4) is 0 Å². The molecular formula is C13H20O. The summed E-state index contributed by atoms with van der Waals surface area (Å²) in [7, 11) is 0. The molecule has 0 atom stereocenters. The number of unbranched alkanes of at least 4 members (excludes halogenated alkanes) is 3. The van der Waals surface area contributed by atoms with Crippen molar-refractivity contribution in [2.75, 3.05) is 6.61 Å². The van der Waals surface area contributed by atoms with E-state index < -0.39 is 0 Å². The molecule has 0 aromatic rings. The summed E-state index contributed by atoms with van der Waals surface area (Å²) in [5.41, 5.74) is 1.43. The monoisotopic (exact) mass is 192 g/mol. The maximum atomic E-state index is 8.62. The van der Waals surface area contributed by atoms with Crippen molar-refractivity contribution in [1.29, 1.82) is 0 Å². The summed E-state index contributed by atoms with van der Waals surface area (Å²) in [6.45, 7) is 0.339. The van der Waals surface area contributed by atoms with Gasteiger partial charge < -0.3 is 5.11 Å². The predicted molar refractivity (Wildman–Crippen MR) is 61.2 cm³/mol. The number of hydrogen-bond acceptors (Lipinski definition) is 1. The predicted octanol–water partition coefficient (Wildman–Crippen LogP) is 3.37. The van der Waals surface area contributed by atoms with Crippen LogP contribution in [0, 0.1) is 0 Å². The van der Waals surface area contributed by atoms with Crippen LogP contribution < -0.4 is 0 Å². The van der Waals surface area contributed by atoms with Gasteiger partial charge in [0.05, 0.1) is 0 Å². The molecule has 78 valence electrons. The van der Waals surface area contributed by atoms with Crippen molar-refractivity contribution in [2.24, 2.45) is 0 Å². The van der Waals surface area contributed by atoms with E-state index in [0.717, 1.165) is 19.3 Å². The van der Waals surface area contributed by atoms with Crippen molar-refractivity contribution >= 4 is 0 Å². The first-order valence-corrected chi connectivity index (χ1v) is 5.56. The zero-order chi connectivity index (χ0) is 10.1. The molecule has 1 heteroatoms. The van der Waals surface area contributed by atoms with E-state index >= 15 is 0 Å². The quantitative estimate of drug-likeness (QED) is 0.640. The van der Waals surface area contributed by atoms with Gasteiger partial charge in [-0.25, -0.2) is 0 Å². The molecule has 1 nitrogen and oxygen atoms in total. The second kappa shape index (κ2) is 7.57. The van der Waals surface area contributed by atoms with Crippen molar-refractivity contribution < 1.29 is 5.11 Å². The highest BCUT2D eigenvalue weighted by molar-refractivity contribution is 5.26. The summed E-state index contributed by atoms with van der Waals surface area (Å²) >= 11 is 0. The molecule has 1 aliphatic rings. The zero-order valence-electron chi connectivity index (χ0n) is 8.78. The van der Waals surface area contributed by atoms with Crippen LogP contribution in [0.25, 0.3) is 0 Å². The van der Waals surface area contributed by atoms with Crippen LogP contribution >= 0.6 is 0 Å². The fraction of sp³-hybridized carbons (Fsp3) is 0.538. The number of allylic oxidation sites excluding steroid dienone is 6. The highest BCUT2D eigenvalue weighted by Gasteiger charge is 1.94. The molecule has 0 amide bonds. The summed E-state index contributed by atoms with van der Waals surface area (Å²) in [5, 5.41) is 8.62. The van der Waals surface area contributed by atoms with E-state index in [1.807, 2.05) is 0 Å². The lowest BCUT2D eigenvalue weighted by molar-refractivity contribution is 0.282. The highest BCUT2D eigenvalue weighted by Crippen LogP contribution is 2.13. The summed E-state index contributed by atoms with van der Waals surface area (Å²) in [5.74, 6) is 0. The van der Waals surface area contributed by atoms with Crippen LogP contribution in [0.5, 0.6) is 0 Å². The molecule has 0 fully saturated rings. The Balaban J connectivity index is 2.11. The van der Waals surface area contributed by atoms with Crippen LogP contribution in [0.1, 0.15) is 38.5 Å². The fourth-order valence-electron chi connectivity index (χ4n) is 1.58. The van der Waals surface area contributed by atoms with Gasteiger partial charge in [-0.3, -0.25) is 0 Å². The zero-order valence-corrected chi connectivity index (χ0v) is 8.78. The number of aliphatic hydroxyl groups excluding tert-OH is 1. The maximum Gasteiger partial charge on any atom is 0.0431 e. The van der Waals surface area contributed by atoms with Gasteiger partial charge in [0.2, 0.25) is 0 Å². The fourth-order valence-corrected chi connectivity index (χ4v) is 1.58. The van der Waals surface area contributed by atoms with Gasteiger partial charge in [0.15, 0.2) is 0 Å². The molecule has 0 heterocycles. The van der Waals surface area contributed by atoms with E-state index in [0.29, 0.717) is 6.61 Å². The SMILES string of the molecule is OCCCCCCC1=CC=CCC=C1. The molecule has 0 spiro atoms. The first-order valence-electron chi connectivity index (χ1n) is 5.56. The topological polar surface area (TPSA) is 20.2 Å². The highest BCUT2D eigenvalue weighted by atomic mass is 16.2. The van der Waals surface area contributed by atoms with E-state index in [2.05, 4.69) is 30.4 Å². The molecule has 1 N–H and O–H groups in total. The molecule has 0 radical (unpaired) electrons. The van der Waals surface area contributed by atoms with Gasteiger partial charge in [-0.05, 0) is 31.3 Å². The molecule has 0 aromatic heterocycles. The molecule has 1 rings (SSSR count). The van der Waals surface area contributed by atoms with Crippen LogP contribution in [0.3, 0.4) is 0 Å². The Morgan fingerprint density at radius 3 is 2.79 bits per heavy atom. The molecule has 0 bridgehead atoms. The Morgan fingerprint density at radius 1 is 1.07 bits per heavy atom. The summed E-state index contributed by atoms with van der Waals surface area (Å²) in [6.07, 6.45) is 17.8. The molecule has 0 aromatic carbocycles. The first kappa shape index (κ1) is 11.3. The van der Waals surface area contributed by atoms with Crippen molar-refractivity contribution in [3.63, 3.8) is 0 Å². The van der Waals surface area contributed by atoms with Crippen molar-refractivity contribution in [1.82, 2.24) is 0 Å². The normalized spacial score (nSPS) is 15.4. The van der Waals surface area contributed by atoms with Crippen molar-refractivity contribution in [2.45, 2.75) is 38.5 Å². The lowest BCUT2D eigenvalue weighted by atomic mass is 10.1. The molecule has 14 heavy (non-hydrogen) atoms. The summed E-state index contributed by atoms with van der Waals surface area (Å²) < 4.78 is 0. The lowest BCUT2D eigenvalue weighted by Gasteiger charge is -2.00. The van der Waals surface area contributed by atoms with Gasteiger partial charge in [0.25, 0.3) is 0 Å². The molecule has 0 saturated carbocycles. The second-order valence-corrected chi connectivity index (χ2v) is 3.70. The Morgan fingerprint density at radius 2 is 1.93 bits per heavy atom. The minimum absolute atomic E-state index is 0.339. The van der Waals surface area contributed by atoms with E-state index in [1.165, 1.54) is 24.8 Å². The van der Waals surface area contributed by atoms with Crippen molar-refractivity contribution in [3.05, 3.63) is 36.0 Å². The van der Waals surface area contributed by atoms with Gasteiger partial charge in [0.1, 0.15) is 0 Å². The van der Waals surface area contributed by atoms with E-state index in [-0.39, 0.29) is 0 Å². The lowest BCUT2D eigenvalue weighted by Crippen LogP contribution is -1.84. The third-order valence-corrected chi connectivity index (χ3v) is 2.42. The average Bonchev–Trinajstić information content (AvgIpc) is 2.46. The van der Waals surface area contributed by atoms with Gasteiger partial charge in [0, 0.05) is 6.61 Å². The molecule has 1 aliphatic carbocycles. The van der Waals surface area contributed by atoms with E-state index in [1.54, 1.807) is 0 Å². The maximum absolute atomic E-state index is 8.62. The molecule has 0 unspecified atom stereocenters. The number of rotatable bonds is 6. The summed E-state index contributed by atoms with van der Waals surface area (Å²) in [6, 6.07) is 0. The van der Waals surface area contributed by atoms with Crippen LogP contribution in [0.2, 0.25) is 0 Å². The van der Waals surface area contributed by atoms with Gasteiger partial charge >= 0.3 is 0 Å². The molecule has 0 saturated heterocycles. The Kier molecular flexibility index (Phi) is 6.09. The van der Waals surface area contributed by atoms with E-state index in [4.69, 9.17) is 5.11 Å². The Bertz CT molecular complexity index is 223. The van der Waals surface area contributed by atoms with Crippen LogP contribution in [-0.2, 0) is 0 Å². The largest absolute Gasteiger partial charge is 0.396 e. The first-order chi connectivity index (χ1) is 6.93. The smallest absolute Gasteiger partial charge is 0.0431 e. The Labute approximate surface area is 86.8 Å². The minimum Gasteiger partial charge on any atom is -0.396 e. The number of aliphatic hydroxyl groups is 1. The van der Waals surface area contributed by atoms with Crippen LogP contribution in [0.15, 0.2) is 36.0 Å². The Hall–Kier alpha value is -0.820. The number of hydrogen-bond donors (Lipinski definition) is 1. The molecular weight excluding hydrogens is 172 g/mol. The second-order valence-electron chi connectivity index (χ2n) is 3.70. The van der Waals surface area contributed by atoms with Gasteiger partial charge in [-0.1, -0.05) is 43.2 Å². The third kappa shape index (κ3) is 5.03. The molecule has 0 aliphatic heterocycles.